The molecule has 5 nitrogen and oxygen atoms in total. The maximum atomic E-state index is 10.9. The van der Waals surface area contributed by atoms with Gasteiger partial charge in [0.15, 0.2) is 0 Å². The first kappa shape index (κ1) is 13.1. The second-order valence-corrected chi connectivity index (χ2v) is 5.48. The minimum Gasteiger partial charge on any atom is -0.465 e. The summed E-state index contributed by atoms with van der Waals surface area (Å²) in [6, 6.07) is 0. The summed E-state index contributed by atoms with van der Waals surface area (Å²) >= 11 is 2.41. The lowest BCUT2D eigenvalue weighted by Crippen LogP contribution is -2.14. The van der Waals surface area contributed by atoms with Crippen molar-refractivity contribution in [2.24, 2.45) is 5.92 Å². The predicted octanol–water partition coefficient (Wildman–Crippen LogP) is 1.70. The molecule has 1 unspecified atom stereocenters. The Morgan fingerprint density at radius 3 is 2.54 bits per heavy atom. The third-order valence-electron chi connectivity index (χ3n) is 1.20. The van der Waals surface area contributed by atoms with Gasteiger partial charge in [0.05, 0.1) is 12.1 Å². The molecule has 0 heterocycles. The quantitative estimate of drug-likeness (QED) is 0.610. The molecule has 1 N–H and O–H groups in total. The molecule has 0 aromatic rings. The number of carbonyl (C=O) groups is 1. The van der Waals surface area contributed by atoms with E-state index >= 15 is 0 Å². The van der Waals surface area contributed by atoms with Gasteiger partial charge in [-0.1, -0.05) is 13.8 Å². The van der Waals surface area contributed by atoms with Crippen LogP contribution < -0.4 is 0 Å². The Hall–Kier alpha value is 0.100. The van der Waals surface area contributed by atoms with E-state index in [1.165, 1.54) is 0 Å². The number of ether oxygens (including phenoxy) is 1. The summed E-state index contributed by atoms with van der Waals surface area (Å²) in [6.07, 6.45) is -0.212. The standard InChI is InChI=1S/C6H12BrO5P/c1-5(2)6(8)11-3-4-13(9,10)12-7/h5H,3-4H2,1-2H3,(H,9,10). The molecule has 0 fully saturated rings. The van der Waals surface area contributed by atoms with E-state index in [4.69, 9.17) is 4.89 Å². The number of esters is 1. The maximum absolute atomic E-state index is 10.9. The van der Waals surface area contributed by atoms with Gasteiger partial charge in [-0.2, -0.15) is 0 Å². The van der Waals surface area contributed by atoms with Gasteiger partial charge in [0.25, 0.3) is 0 Å². The molecule has 7 heteroatoms. The molecule has 0 aliphatic rings. The second-order valence-electron chi connectivity index (χ2n) is 2.75. The van der Waals surface area contributed by atoms with E-state index in [1.807, 2.05) is 0 Å². The zero-order valence-corrected chi connectivity index (χ0v) is 9.88. The van der Waals surface area contributed by atoms with E-state index in [0.717, 1.165) is 0 Å². The van der Waals surface area contributed by atoms with Gasteiger partial charge in [-0.25, -0.2) is 3.62 Å². The van der Waals surface area contributed by atoms with Gasteiger partial charge in [-0.3, -0.25) is 9.36 Å². The molecule has 0 amide bonds. The van der Waals surface area contributed by atoms with E-state index in [-0.39, 0.29) is 18.7 Å². The zero-order valence-electron chi connectivity index (χ0n) is 7.40. The van der Waals surface area contributed by atoms with Gasteiger partial charge in [0.1, 0.15) is 22.9 Å². The van der Waals surface area contributed by atoms with Crippen LogP contribution in [0.1, 0.15) is 13.8 Å². The Morgan fingerprint density at radius 2 is 2.15 bits per heavy atom. The zero-order chi connectivity index (χ0) is 10.5. The lowest BCUT2D eigenvalue weighted by Gasteiger charge is -2.08. The van der Waals surface area contributed by atoms with Crippen LogP contribution in [-0.2, 0) is 17.7 Å². The fourth-order valence-electron chi connectivity index (χ4n) is 0.463. The molecular formula is C6H12BrO5P. The summed E-state index contributed by atoms with van der Waals surface area (Å²) in [5.41, 5.74) is 0. The molecule has 0 aromatic carbocycles. The van der Waals surface area contributed by atoms with Gasteiger partial charge in [0.2, 0.25) is 0 Å². The van der Waals surface area contributed by atoms with E-state index in [9.17, 15) is 9.36 Å². The van der Waals surface area contributed by atoms with Crippen LogP contribution in [0, 0.1) is 5.92 Å². The predicted molar refractivity (Wildman–Crippen MR) is 50.5 cm³/mol. The minimum absolute atomic E-state index is 0.115. The highest BCUT2D eigenvalue weighted by Gasteiger charge is 2.19. The van der Waals surface area contributed by atoms with Crippen LogP contribution >= 0.6 is 23.9 Å². The van der Waals surface area contributed by atoms with Crippen LogP contribution in [-0.4, -0.2) is 23.6 Å². The molecule has 0 saturated carbocycles. The van der Waals surface area contributed by atoms with Crippen molar-refractivity contribution in [2.75, 3.05) is 12.8 Å². The summed E-state index contributed by atoms with van der Waals surface area (Å²) in [7, 11) is -3.62. The second kappa shape index (κ2) is 5.75. The highest BCUT2D eigenvalue weighted by molar-refractivity contribution is 9.06. The molecule has 0 saturated heterocycles. The largest absolute Gasteiger partial charge is 0.465 e. The lowest BCUT2D eigenvalue weighted by atomic mass is 10.2. The van der Waals surface area contributed by atoms with Gasteiger partial charge in [-0.05, 0) is 0 Å². The molecule has 0 bridgehead atoms. The van der Waals surface area contributed by atoms with Crippen LogP contribution in [0.15, 0.2) is 0 Å². The molecule has 0 aromatic heterocycles. The van der Waals surface area contributed by atoms with Gasteiger partial charge in [0, 0.05) is 0 Å². The van der Waals surface area contributed by atoms with E-state index in [2.05, 4.69) is 24.6 Å². The maximum Gasteiger partial charge on any atom is 0.342 e. The Bertz CT molecular complexity index is 217. The number of halogens is 1. The van der Waals surface area contributed by atoms with Gasteiger partial charge in [-0.15, -0.1) is 0 Å². The van der Waals surface area contributed by atoms with Crippen molar-refractivity contribution in [3.8, 4) is 0 Å². The number of hydrogen-bond donors (Lipinski definition) is 1. The van der Waals surface area contributed by atoms with Crippen molar-refractivity contribution in [1.82, 2.24) is 0 Å². The molecule has 0 spiro atoms. The van der Waals surface area contributed by atoms with Crippen molar-refractivity contribution >= 4 is 29.8 Å². The lowest BCUT2D eigenvalue weighted by molar-refractivity contribution is -0.146. The fourth-order valence-corrected chi connectivity index (χ4v) is 1.29. The number of hydrogen-bond acceptors (Lipinski definition) is 4. The molecule has 0 radical (unpaired) electrons. The van der Waals surface area contributed by atoms with Gasteiger partial charge < -0.3 is 9.63 Å². The summed E-state index contributed by atoms with van der Waals surface area (Å²) in [5.74, 6) is -0.627. The normalized spacial score (nSPS) is 15.5. The van der Waals surface area contributed by atoms with Crippen LogP contribution in [0.2, 0.25) is 0 Å². The first-order valence-corrected chi connectivity index (χ1v) is 6.09. The molecule has 13 heavy (non-hydrogen) atoms. The minimum atomic E-state index is -3.62. The van der Waals surface area contributed by atoms with E-state index in [0.29, 0.717) is 0 Å². The molecule has 0 aliphatic carbocycles. The molecule has 1 atom stereocenters. The summed E-state index contributed by atoms with van der Waals surface area (Å²) in [4.78, 5) is 19.7. The van der Waals surface area contributed by atoms with Gasteiger partial charge >= 0.3 is 13.6 Å². The number of rotatable bonds is 5. The Labute approximate surface area is 85.4 Å². The van der Waals surface area contributed by atoms with E-state index < -0.39 is 13.6 Å². The van der Waals surface area contributed by atoms with Crippen molar-refractivity contribution in [3.05, 3.63) is 0 Å². The van der Waals surface area contributed by atoms with Crippen LogP contribution in [0.3, 0.4) is 0 Å². The van der Waals surface area contributed by atoms with Crippen molar-refractivity contribution in [2.45, 2.75) is 13.8 Å². The Kier molecular flexibility index (Phi) is 5.80. The van der Waals surface area contributed by atoms with Crippen molar-refractivity contribution in [3.63, 3.8) is 0 Å². The van der Waals surface area contributed by atoms with Crippen LogP contribution in [0.5, 0.6) is 0 Å². The van der Waals surface area contributed by atoms with Crippen molar-refractivity contribution in [1.29, 1.82) is 0 Å². The van der Waals surface area contributed by atoms with Crippen LogP contribution in [0.4, 0.5) is 0 Å². The average Bonchev–Trinajstić information content (AvgIpc) is 2.04. The first-order valence-electron chi connectivity index (χ1n) is 3.68. The summed E-state index contributed by atoms with van der Waals surface area (Å²) in [5, 5.41) is 0. The topological polar surface area (TPSA) is 72.8 Å². The molecule has 0 aliphatic heterocycles. The molecule has 78 valence electrons. The smallest absolute Gasteiger partial charge is 0.342 e. The third-order valence-corrected chi connectivity index (χ3v) is 3.52. The van der Waals surface area contributed by atoms with E-state index in [1.54, 1.807) is 13.8 Å². The van der Waals surface area contributed by atoms with Crippen molar-refractivity contribution < 1.29 is 22.6 Å². The molecule has 0 rings (SSSR count). The highest BCUT2D eigenvalue weighted by atomic mass is 79.9. The molecular weight excluding hydrogens is 263 g/mol. The summed E-state index contributed by atoms with van der Waals surface area (Å²) < 4.78 is 19.6. The Morgan fingerprint density at radius 1 is 1.62 bits per heavy atom. The SMILES string of the molecule is CC(C)C(=O)OCCP(=O)(O)OBr. The summed E-state index contributed by atoms with van der Waals surface area (Å²) in [6.45, 7) is 3.25. The average molecular weight is 275 g/mol. The number of carbonyl (C=O) groups excluding carboxylic acids is 1. The first-order chi connectivity index (χ1) is 5.89. The Balaban J connectivity index is 3.69. The fraction of sp³-hybridized carbons (Fsp3) is 0.833. The monoisotopic (exact) mass is 274 g/mol. The van der Waals surface area contributed by atoms with Crippen LogP contribution in [0.25, 0.3) is 0 Å². The third kappa shape index (κ3) is 6.21. The highest BCUT2D eigenvalue weighted by Crippen LogP contribution is 2.43.